The molecule has 0 N–H and O–H groups in total. The van der Waals surface area contributed by atoms with Gasteiger partial charge in [0.15, 0.2) is 5.13 Å². The van der Waals surface area contributed by atoms with Crippen molar-refractivity contribution in [2.45, 2.75) is 6.42 Å². The fourth-order valence-corrected chi connectivity index (χ4v) is 4.39. The molecule has 0 spiro atoms. The average Bonchev–Trinajstić information content (AvgIpc) is 3.17. The molecule has 1 saturated heterocycles. The third-order valence-electron chi connectivity index (χ3n) is 4.96. The Morgan fingerprint density at radius 2 is 1.90 bits per heavy atom. The lowest BCUT2D eigenvalue weighted by Crippen LogP contribution is -2.39. The largest absolute Gasteiger partial charge is 0.379 e. The summed E-state index contributed by atoms with van der Waals surface area (Å²) in [5, 5.41) is 0.283. The van der Waals surface area contributed by atoms with Gasteiger partial charge in [-0.1, -0.05) is 17.4 Å². The number of hydrogen-bond acceptors (Lipinski definition) is 5. The minimum Gasteiger partial charge on any atom is -0.379 e. The topological polar surface area (TPSA) is 45.7 Å². The molecule has 1 aliphatic heterocycles. The molecule has 1 aromatic heterocycles. The zero-order chi connectivity index (χ0) is 21.1. The molecule has 4 rings (SSSR count). The number of anilines is 1. The second-order valence-corrected chi connectivity index (χ2v) is 7.98. The van der Waals surface area contributed by atoms with Gasteiger partial charge in [0.05, 0.1) is 23.5 Å². The van der Waals surface area contributed by atoms with Crippen LogP contribution in [0.2, 0.25) is 0 Å². The smallest absolute Gasteiger partial charge is 0.263 e. The van der Waals surface area contributed by atoms with Gasteiger partial charge in [0.25, 0.3) is 5.91 Å². The fourth-order valence-electron chi connectivity index (χ4n) is 3.39. The number of amides is 1. The molecule has 1 fully saturated rings. The average molecular weight is 472 g/mol. The molecule has 0 saturated carbocycles. The van der Waals surface area contributed by atoms with Crippen LogP contribution in [0.25, 0.3) is 10.2 Å². The Kier molecular flexibility index (Phi) is 7.88. The van der Waals surface area contributed by atoms with Gasteiger partial charge < -0.3 is 4.74 Å². The molecular weight excluding hydrogens is 451 g/mol. The molecule has 2 heterocycles. The fraction of sp³-hybridized carbons (Fsp3) is 0.333. The molecule has 166 valence electrons. The first kappa shape index (κ1) is 23.5. The number of morpholine rings is 1. The Morgan fingerprint density at radius 1 is 1.13 bits per heavy atom. The van der Waals surface area contributed by atoms with E-state index in [0.29, 0.717) is 30.4 Å². The molecule has 10 heteroatoms. The summed E-state index contributed by atoms with van der Waals surface area (Å²) in [6.45, 7) is 3.97. The van der Waals surface area contributed by atoms with Gasteiger partial charge in [0, 0.05) is 32.2 Å². The minimum absolute atomic E-state index is 0. The number of aromatic nitrogens is 1. The Morgan fingerprint density at radius 3 is 2.61 bits per heavy atom. The van der Waals surface area contributed by atoms with E-state index in [-0.39, 0.29) is 35.2 Å². The monoisotopic (exact) mass is 471 g/mol. The second kappa shape index (κ2) is 10.4. The number of fused-ring (bicyclic) bond motifs is 1. The van der Waals surface area contributed by atoms with E-state index in [1.165, 1.54) is 11.0 Å². The van der Waals surface area contributed by atoms with E-state index in [4.69, 9.17) is 4.74 Å². The molecule has 5 nitrogen and oxygen atoms in total. The van der Waals surface area contributed by atoms with Crippen molar-refractivity contribution in [3.63, 3.8) is 0 Å². The van der Waals surface area contributed by atoms with E-state index in [9.17, 15) is 18.0 Å². The highest BCUT2D eigenvalue weighted by Crippen LogP contribution is 2.31. The van der Waals surface area contributed by atoms with Crippen LogP contribution in [0.15, 0.2) is 36.4 Å². The molecule has 0 radical (unpaired) electrons. The molecule has 2 aromatic carbocycles. The van der Waals surface area contributed by atoms with Crippen LogP contribution in [-0.4, -0.2) is 55.2 Å². The molecule has 0 bridgehead atoms. The first-order valence-corrected chi connectivity index (χ1v) is 10.5. The zero-order valence-corrected chi connectivity index (χ0v) is 18.2. The van der Waals surface area contributed by atoms with Crippen LogP contribution in [0.3, 0.4) is 0 Å². The normalized spacial score (nSPS) is 14.4. The number of nitrogens with zero attached hydrogens (tertiary/aromatic N) is 3. The van der Waals surface area contributed by atoms with Crippen molar-refractivity contribution >= 4 is 45.0 Å². The van der Waals surface area contributed by atoms with Gasteiger partial charge in [-0.05, 0) is 30.7 Å². The van der Waals surface area contributed by atoms with Crippen molar-refractivity contribution in [3.8, 4) is 0 Å². The number of thiazole rings is 1. The second-order valence-electron chi connectivity index (χ2n) is 6.97. The minimum atomic E-state index is -0.939. The molecule has 31 heavy (non-hydrogen) atoms. The van der Waals surface area contributed by atoms with Gasteiger partial charge in [-0.15, -0.1) is 12.4 Å². The molecule has 1 amide bonds. The summed E-state index contributed by atoms with van der Waals surface area (Å²) >= 11 is 1.16. The zero-order valence-electron chi connectivity index (χ0n) is 16.5. The third-order valence-corrected chi connectivity index (χ3v) is 6.00. The van der Waals surface area contributed by atoms with E-state index in [2.05, 4.69) is 9.88 Å². The van der Waals surface area contributed by atoms with E-state index < -0.39 is 23.4 Å². The van der Waals surface area contributed by atoms with Gasteiger partial charge in [-0.25, -0.2) is 18.2 Å². The standard InChI is InChI=1S/C21H20F3N3O2S.ClH/c22-14-5-6-15(17(24)13-14)20(28)27(8-2-7-26-9-11-29-12-10-26)21-25-19-16(23)3-1-4-18(19)30-21;/h1,3-6,13H,2,7-12H2;1H. The Hall–Kier alpha value is -2.20. The number of carbonyl (C=O) groups is 1. The van der Waals surface area contributed by atoms with Crippen molar-refractivity contribution in [1.82, 2.24) is 9.88 Å². The molecule has 3 aromatic rings. The Labute approximate surface area is 187 Å². The lowest BCUT2D eigenvalue weighted by Gasteiger charge is -2.27. The highest BCUT2D eigenvalue weighted by atomic mass is 35.5. The van der Waals surface area contributed by atoms with Crippen molar-refractivity contribution in [2.75, 3.05) is 44.3 Å². The van der Waals surface area contributed by atoms with Crippen LogP contribution in [0.1, 0.15) is 16.8 Å². The van der Waals surface area contributed by atoms with Gasteiger partial charge in [0.2, 0.25) is 0 Å². The summed E-state index contributed by atoms with van der Waals surface area (Å²) in [5.41, 5.74) is -0.0782. The Balaban J connectivity index is 0.00000272. The number of ether oxygens (including phenoxy) is 1. The van der Waals surface area contributed by atoms with Crippen LogP contribution in [0.4, 0.5) is 18.3 Å². The summed E-state index contributed by atoms with van der Waals surface area (Å²) in [4.78, 5) is 21.0. The van der Waals surface area contributed by atoms with Gasteiger partial charge in [-0.2, -0.15) is 0 Å². The van der Waals surface area contributed by atoms with E-state index in [1.54, 1.807) is 12.1 Å². The number of para-hydroxylation sites is 1. The van der Waals surface area contributed by atoms with Crippen LogP contribution >= 0.6 is 23.7 Å². The predicted molar refractivity (Wildman–Crippen MR) is 117 cm³/mol. The quantitative estimate of drug-likeness (QED) is 0.531. The Bertz CT molecular complexity index is 1060. The molecule has 0 atom stereocenters. The van der Waals surface area contributed by atoms with Crippen LogP contribution in [-0.2, 0) is 4.74 Å². The number of carbonyl (C=O) groups excluding carboxylic acids is 1. The van der Waals surface area contributed by atoms with Gasteiger partial charge >= 0.3 is 0 Å². The van der Waals surface area contributed by atoms with Gasteiger partial charge in [-0.3, -0.25) is 14.6 Å². The van der Waals surface area contributed by atoms with Crippen molar-refractivity contribution in [1.29, 1.82) is 0 Å². The summed E-state index contributed by atoms with van der Waals surface area (Å²) in [6, 6.07) is 7.43. The lowest BCUT2D eigenvalue weighted by molar-refractivity contribution is 0.0376. The summed E-state index contributed by atoms with van der Waals surface area (Å²) < 4.78 is 47.6. The molecule has 0 aliphatic carbocycles. The predicted octanol–water partition coefficient (Wildman–Crippen LogP) is 4.50. The summed E-state index contributed by atoms with van der Waals surface area (Å²) in [6.07, 6.45) is 0.618. The first-order chi connectivity index (χ1) is 14.5. The van der Waals surface area contributed by atoms with E-state index >= 15 is 0 Å². The number of hydrogen-bond donors (Lipinski definition) is 0. The van der Waals surface area contributed by atoms with E-state index in [1.807, 2.05) is 0 Å². The third kappa shape index (κ3) is 5.35. The van der Waals surface area contributed by atoms with E-state index in [0.717, 1.165) is 43.1 Å². The first-order valence-electron chi connectivity index (χ1n) is 9.65. The number of benzene rings is 2. The van der Waals surface area contributed by atoms with Gasteiger partial charge in [0.1, 0.15) is 23.0 Å². The molecular formula is C21H21ClF3N3O2S. The van der Waals surface area contributed by atoms with Crippen LogP contribution < -0.4 is 4.90 Å². The maximum absolute atomic E-state index is 14.3. The molecule has 0 unspecified atom stereocenters. The van der Waals surface area contributed by atoms with Crippen LogP contribution in [0.5, 0.6) is 0 Å². The number of halogens is 4. The maximum atomic E-state index is 14.3. The number of rotatable bonds is 6. The van der Waals surface area contributed by atoms with Crippen molar-refractivity contribution < 1.29 is 22.7 Å². The van der Waals surface area contributed by atoms with Crippen LogP contribution in [0, 0.1) is 17.5 Å². The van der Waals surface area contributed by atoms with Crippen molar-refractivity contribution in [3.05, 3.63) is 59.4 Å². The highest BCUT2D eigenvalue weighted by molar-refractivity contribution is 7.22. The highest BCUT2D eigenvalue weighted by Gasteiger charge is 2.25. The SMILES string of the molecule is Cl.O=C(c1ccc(F)cc1F)N(CCCN1CCOCC1)c1nc2c(F)cccc2s1. The maximum Gasteiger partial charge on any atom is 0.263 e. The van der Waals surface area contributed by atoms with Crippen molar-refractivity contribution in [2.24, 2.45) is 0 Å². The summed E-state index contributed by atoms with van der Waals surface area (Å²) in [7, 11) is 0. The summed E-state index contributed by atoms with van der Waals surface area (Å²) in [5.74, 6) is -2.81. The lowest BCUT2D eigenvalue weighted by atomic mass is 10.1. The molecule has 1 aliphatic rings.